The van der Waals surface area contributed by atoms with E-state index in [0.717, 1.165) is 11.3 Å². The number of hydrogen-bond donors (Lipinski definition) is 2. The van der Waals surface area contributed by atoms with Crippen LogP contribution in [0.3, 0.4) is 0 Å². The van der Waals surface area contributed by atoms with E-state index < -0.39 is 5.97 Å². The van der Waals surface area contributed by atoms with Crippen LogP contribution in [0.15, 0.2) is 24.3 Å². The van der Waals surface area contributed by atoms with Crippen molar-refractivity contribution in [1.82, 2.24) is 10.2 Å². The summed E-state index contributed by atoms with van der Waals surface area (Å²) < 4.78 is 5.15. The van der Waals surface area contributed by atoms with Gasteiger partial charge < -0.3 is 15.2 Å². The van der Waals surface area contributed by atoms with Gasteiger partial charge in [0.25, 0.3) is 0 Å². The summed E-state index contributed by atoms with van der Waals surface area (Å²) in [4.78, 5) is 11.4. The van der Waals surface area contributed by atoms with E-state index in [9.17, 15) is 9.90 Å². The number of rotatable bonds is 5. The highest BCUT2D eigenvalue weighted by atomic mass is 16.5. The number of ether oxygens (including phenoxy) is 1. The van der Waals surface area contributed by atoms with E-state index in [1.807, 2.05) is 24.3 Å². The second-order valence-corrected chi connectivity index (χ2v) is 4.64. The Balaban J connectivity index is 2.24. The summed E-state index contributed by atoms with van der Waals surface area (Å²) in [5, 5.41) is 20.3. The maximum atomic E-state index is 11.4. The minimum atomic E-state index is -1.02. The van der Waals surface area contributed by atoms with Crippen LogP contribution >= 0.6 is 0 Å². The lowest BCUT2D eigenvalue weighted by atomic mass is 10.1. The topological polar surface area (TPSA) is 84.3 Å². The fourth-order valence-electron chi connectivity index (χ4n) is 1.96. The Labute approximate surface area is 122 Å². The van der Waals surface area contributed by atoms with Crippen LogP contribution in [-0.2, 0) is 6.54 Å². The molecular formula is C15H17N3O3. The molecule has 6 nitrogen and oxygen atoms in total. The van der Waals surface area contributed by atoms with Crippen molar-refractivity contribution >= 4 is 11.8 Å². The predicted molar refractivity (Wildman–Crippen MR) is 78.8 cm³/mol. The molecule has 0 saturated carbocycles. The van der Waals surface area contributed by atoms with Gasteiger partial charge in [-0.25, -0.2) is 4.79 Å². The van der Waals surface area contributed by atoms with E-state index in [0.29, 0.717) is 17.8 Å². The lowest BCUT2D eigenvalue weighted by molar-refractivity contribution is 0.0696. The normalized spacial score (nSPS) is 10.2. The summed E-state index contributed by atoms with van der Waals surface area (Å²) in [6, 6.07) is 7.52. The van der Waals surface area contributed by atoms with Crippen molar-refractivity contribution in [3.63, 3.8) is 0 Å². The first-order valence-electron chi connectivity index (χ1n) is 6.47. The van der Waals surface area contributed by atoms with Crippen LogP contribution in [0, 0.1) is 13.8 Å². The molecule has 0 bridgehead atoms. The summed E-state index contributed by atoms with van der Waals surface area (Å²) in [6.07, 6.45) is 0. The minimum Gasteiger partial charge on any atom is -0.497 e. The first-order chi connectivity index (χ1) is 10.0. The molecule has 0 saturated heterocycles. The Morgan fingerprint density at radius 1 is 1.33 bits per heavy atom. The molecule has 0 unspecified atom stereocenters. The summed E-state index contributed by atoms with van der Waals surface area (Å²) >= 11 is 0. The highest BCUT2D eigenvalue weighted by Crippen LogP contribution is 2.20. The lowest BCUT2D eigenvalue weighted by Crippen LogP contribution is -2.12. The van der Waals surface area contributed by atoms with Gasteiger partial charge in [-0.2, -0.15) is 5.10 Å². The van der Waals surface area contributed by atoms with Gasteiger partial charge in [-0.05, 0) is 37.1 Å². The molecule has 0 fully saturated rings. The Morgan fingerprint density at radius 3 is 2.76 bits per heavy atom. The van der Waals surface area contributed by atoms with E-state index in [-0.39, 0.29) is 11.4 Å². The van der Waals surface area contributed by atoms with Crippen molar-refractivity contribution in [3.8, 4) is 5.75 Å². The highest BCUT2D eigenvalue weighted by Gasteiger charge is 2.17. The maximum absolute atomic E-state index is 11.4. The van der Waals surface area contributed by atoms with Crippen molar-refractivity contribution in [2.24, 2.45) is 0 Å². The quantitative estimate of drug-likeness (QED) is 0.878. The van der Waals surface area contributed by atoms with Crippen molar-refractivity contribution in [3.05, 3.63) is 46.6 Å². The molecule has 0 spiro atoms. The monoisotopic (exact) mass is 287 g/mol. The zero-order valence-corrected chi connectivity index (χ0v) is 12.2. The molecule has 2 aromatic rings. The zero-order valence-electron chi connectivity index (χ0n) is 12.2. The molecule has 6 heteroatoms. The van der Waals surface area contributed by atoms with E-state index in [1.165, 1.54) is 0 Å². The number of aryl methyl sites for hydroxylation is 1. The fraction of sp³-hybridized carbons (Fsp3) is 0.267. The summed E-state index contributed by atoms with van der Waals surface area (Å²) in [6.45, 7) is 3.90. The van der Waals surface area contributed by atoms with Crippen LogP contribution in [0.25, 0.3) is 0 Å². The van der Waals surface area contributed by atoms with Gasteiger partial charge in [-0.3, -0.25) is 0 Å². The second kappa shape index (κ2) is 6.21. The Kier molecular flexibility index (Phi) is 4.37. The molecule has 0 atom stereocenters. The molecule has 0 amide bonds. The van der Waals surface area contributed by atoms with Crippen molar-refractivity contribution < 1.29 is 14.6 Å². The van der Waals surface area contributed by atoms with Crippen LogP contribution in [0.2, 0.25) is 0 Å². The number of benzene rings is 1. The van der Waals surface area contributed by atoms with Crippen LogP contribution in [0.5, 0.6) is 5.75 Å². The smallest absolute Gasteiger partial charge is 0.339 e. The number of carboxylic acids is 1. The predicted octanol–water partition coefficient (Wildman–Crippen LogP) is 2.41. The van der Waals surface area contributed by atoms with Crippen molar-refractivity contribution in [1.29, 1.82) is 0 Å². The number of methoxy groups -OCH3 is 1. The molecular weight excluding hydrogens is 270 g/mol. The number of hydrogen-bond acceptors (Lipinski definition) is 5. The molecule has 1 aromatic carbocycles. The van der Waals surface area contributed by atoms with Crippen LogP contribution in [0.4, 0.5) is 5.82 Å². The summed E-state index contributed by atoms with van der Waals surface area (Å²) in [5.74, 6) is 0.00555. The van der Waals surface area contributed by atoms with Gasteiger partial charge in [0.1, 0.15) is 11.3 Å². The first kappa shape index (κ1) is 14.8. The van der Waals surface area contributed by atoms with Crippen LogP contribution in [0.1, 0.15) is 27.2 Å². The molecule has 0 radical (unpaired) electrons. The highest BCUT2D eigenvalue weighted by molar-refractivity contribution is 5.94. The van der Waals surface area contributed by atoms with Gasteiger partial charge in [-0.1, -0.05) is 12.1 Å². The number of aromatic nitrogens is 2. The molecule has 110 valence electrons. The van der Waals surface area contributed by atoms with E-state index >= 15 is 0 Å². The number of aromatic carboxylic acids is 1. The molecule has 0 aliphatic heterocycles. The minimum absolute atomic E-state index is 0.158. The Hall–Kier alpha value is -2.63. The van der Waals surface area contributed by atoms with E-state index in [2.05, 4.69) is 15.5 Å². The Morgan fingerprint density at radius 2 is 2.10 bits per heavy atom. The average Bonchev–Trinajstić information content (AvgIpc) is 2.48. The third kappa shape index (κ3) is 3.28. The third-order valence-corrected chi connectivity index (χ3v) is 3.26. The number of nitrogens with zero attached hydrogens (tertiary/aromatic N) is 2. The molecule has 1 aromatic heterocycles. The molecule has 1 heterocycles. The third-order valence-electron chi connectivity index (χ3n) is 3.26. The molecule has 2 N–H and O–H groups in total. The van der Waals surface area contributed by atoms with Crippen LogP contribution < -0.4 is 10.1 Å². The second-order valence-electron chi connectivity index (χ2n) is 4.64. The lowest BCUT2D eigenvalue weighted by Gasteiger charge is -2.11. The number of nitrogens with one attached hydrogen (secondary N) is 1. The van der Waals surface area contributed by atoms with E-state index in [4.69, 9.17) is 4.74 Å². The van der Waals surface area contributed by atoms with Gasteiger partial charge in [-0.15, -0.1) is 5.10 Å². The molecule has 0 aliphatic rings. The first-order valence-corrected chi connectivity index (χ1v) is 6.47. The number of anilines is 1. The summed E-state index contributed by atoms with van der Waals surface area (Å²) in [5.41, 5.74) is 2.35. The molecule has 21 heavy (non-hydrogen) atoms. The summed E-state index contributed by atoms with van der Waals surface area (Å²) in [7, 11) is 1.60. The maximum Gasteiger partial charge on any atom is 0.339 e. The van der Waals surface area contributed by atoms with Gasteiger partial charge in [0.05, 0.1) is 12.8 Å². The van der Waals surface area contributed by atoms with Crippen molar-refractivity contribution in [2.75, 3.05) is 12.4 Å². The molecule has 0 aliphatic carbocycles. The van der Waals surface area contributed by atoms with Gasteiger partial charge >= 0.3 is 5.97 Å². The number of carbonyl (C=O) groups is 1. The van der Waals surface area contributed by atoms with Gasteiger partial charge in [0, 0.05) is 6.54 Å². The number of carboxylic acid groups (broad SMARTS) is 1. The van der Waals surface area contributed by atoms with Crippen molar-refractivity contribution in [2.45, 2.75) is 20.4 Å². The standard InChI is InChI=1S/C15H17N3O3/c1-9-10(2)17-18-14(13(9)15(19)20)16-8-11-5-4-6-12(7-11)21-3/h4-7H,8H2,1-3H3,(H,16,18)(H,19,20). The Bertz CT molecular complexity index is 671. The fourth-order valence-corrected chi connectivity index (χ4v) is 1.96. The van der Waals surface area contributed by atoms with Crippen LogP contribution in [-0.4, -0.2) is 28.4 Å². The molecule has 2 rings (SSSR count). The zero-order chi connectivity index (χ0) is 15.4. The SMILES string of the molecule is COc1cccc(CNc2nnc(C)c(C)c2C(=O)O)c1. The average molecular weight is 287 g/mol. The van der Waals surface area contributed by atoms with Gasteiger partial charge in [0.15, 0.2) is 5.82 Å². The largest absolute Gasteiger partial charge is 0.497 e. The van der Waals surface area contributed by atoms with Gasteiger partial charge in [0.2, 0.25) is 0 Å². The van der Waals surface area contributed by atoms with E-state index in [1.54, 1.807) is 21.0 Å².